The van der Waals surface area contributed by atoms with Crippen molar-refractivity contribution in [3.8, 4) is 0 Å². The summed E-state index contributed by atoms with van der Waals surface area (Å²) in [5.74, 6) is -0.0596. The Kier molecular flexibility index (Phi) is 6.83. The summed E-state index contributed by atoms with van der Waals surface area (Å²) in [6.45, 7) is 5.57. The standard InChI is InChI=1S/C19H27FN2O2.ClH/c1-3-17-18(23)21(2)14-19(24-17)8-11-22(12-9-19)10-7-15-5-4-6-16(20)13-15;/h4-6,13,17H,3,7-12,14H2,1-2H3;1H. The Morgan fingerprint density at radius 2 is 2.04 bits per heavy atom. The fraction of sp³-hybridized carbons (Fsp3) is 0.632. The van der Waals surface area contributed by atoms with E-state index in [1.54, 1.807) is 12.1 Å². The predicted octanol–water partition coefficient (Wildman–Crippen LogP) is 2.89. The molecule has 0 aromatic heterocycles. The van der Waals surface area contributed by atoms with Crippen LogP contribution in [0.15, 0.2) is 24.3 Å². The summed E-state index contributed by atoms with van der Waals surface area (Å²) in [6.07, 6.45) is 3.20. The molecule has 0 N–H and O–H groups in total. The minimum Gasteiger partial charge on any atom is -0.360 e. The van der Waals surface area contributed by atoms with E-state index in [1.807, 2.05) is 24.9 Å². The minimum atomic E-state index is -0.289. The molecule has 2 aliphatic heterocycles. The van der Waals surface area contributed by atoms with Gasteiger partial charge in [-0.05, 0) is 43.4 Å². The van der Waals surface area contributed by atoms with Crippen molar-refractivity contribution in [3.63, 3.8) is 0 Å². The van der Waals surface area contributed by atoms with Crippen LogP contribution in [0.2, 0.25) is 0 Å². The molecule has 1 unspecified atom stereocenters. The summed E-state index contributed by atoms with van der Waals surface area (Å²) in [5, 5.41) is 0. The molecule has 0 radical (unpaired) electrons. The van der Waals surface area contributed by atoms with Gasteiger partial charge in [0.25, 0.3) is 5.91 Å². The lowest BCUT2D eigenvalue weighted by Gasteiger charge is -2.48. The predicted molar refractivity (Wildman–Crippen MR) is 98.6 cm³/mol. The van der Waals surface area contributed by atoms with E-state index in [0.717, 1.165) is 50.9 Å². The van der Waals surface area contributed by atoms with Crippen LogP contribution in [-0.2, 0) is 16.0 Å². The van der Waals surface area contributed by atoms with Crippen molar-refractivity contribution >= 4 is 18.3 Å². The molecule has 1 amide bonds. The number of carbonyl (C=O) groups is 1. The monoisotopic (exact) mass is 370 g/mol. The highest BCUT2D eigenvalue weighted by atomic mass is 35.5. The zero-order chi connectivity index (χ0) is 17.2. The van der Waals surface area contributed by atoms with E-state index in [-0.39, 0.29) is 35.8 Å². The first-order chi connectivity index (χ1) is 11.5. The number of ether oxygens (including phenoxy) is 1. The average Bonchev–Trinajstić information content (AvgIpc) is 2.58. The quantitative estimate of drug-likeness (QED) is 0.817. The largest absolute Gasteiger partial charge is 0.360 e. The van der Waals surface area contributed by atoms with Gasteiger partial charge in [-0.25, -0.2) is 4.39 Å². The van der Waals surface area contributed by atoms with Gasteiger partial charge in [0.05, 0.1) is 5.60 Å². The summed E-state index contributed by atoms with van der Waals surface area (Å²) >= 11 is 0. The third kappa shape index (κ3) is 4.72. The number of piperidine rings is 1. The lowest BCUT2D eigenvalue weighted by molar-refractivity contribution is -0.190. The number of likely N-dealkylation sites (N-methyl/N-ethyl adjacent to an activating group) is 1. The summed E-state index contributed by atoms with van der Waals surface area (Å²) in [5.41, 5.74) is 0.860. The summed E-state index contributed by atoms with van der Waals surface area (Å²) in [6, 6.07) is 6.84. The molecular weight excluding hydrogens is 343 g/mol. The summed E-state index contributed by atoms with van der Waals surface area (Å²) in [7, 11) is 1.88. The van der Waals surface area contributed by atoms with Gasteiger partial charge in [-0.2, -0.15) is 0 Å². The van der Waals surface area contributed by atoms with Crippen molar-refractivity contribution in [2.24, 2.45) is 0 Å². The van der Waals surface area contributed by atoms with E-state index >= 15 is 0 Å². The van der Waals surface area contributed by atoms with Crippen molar-refractivity contribution in [2.75, 3.05) is 33.2 Å². The van der Waals surface area contributed by atoms with Crippen LogP contribution < -0.4 is 0 Å². The number of morpholine rings is 1. The van der Waals surface area contributed by atoms with Crippen LogP contribution in [-0.4, -0.2) is 60.6 Å². The van der Waals surface area contributed by atoms with E-state index in [2.05, 4.69) is 4.90 Å². The number of carbonyl (C=O) groups excluding carboxylic acids is 1. The molecule has 0 bridgehead atoms. The van der Waals surface area contributed by atoms with Gasteiger partial charge in [0.15, 0.2) is 0 Å². The second kappa shape index (κ2) is 8.47. The molecule has 1 atom stereocenters. The Balaban J connectivity index is 0.00000225. The van der Waals surface area contributed by atoms with Gasteiger partial charge in [0.1, 0.15) is 11.9 Å². The number of hydrogen-bond donors (Lipinski definition) is 0. The molecule has 1 aromatic rings. The van der Waals surface area contributed by atoms with Crippen molar-refractivity contribution in [1.82, 2.24) is 9.80 Å². The lowest BCUT2D eigenvalue weighted by atomic mass is 9.88. The number of halogens is 2. The van der Waals surface area contributed by atoms with Crippen LogP contribution in [0.5, 0.6) is 0 Å². The average molecular weight is 371 g/mol. The van der Waals surface area contributed by atoms with Gasteiger partial charge in [0, 0.05) is 33.2 Å². The molecule has 1 spiro atoms. The fourth-order valence-electron chi connectivity index (χ4n) is 3.84. The van der Waals surface area contributed by atoms with Crippen LogP contribution in [0.4, 0.5) is 4.39 Å². The molecule has 2 saturated heterocycles. The molecule has 3 rings (SSSR count). The molecule has 2 heterocycles. The third-order valence-corrected chi connectivity index (χ3v) is 5.31. The lowest BCUT2D eigenvalue weighted by Crippen LogP contribution is -2.60. The highest BCUT2D eigenvalue weighted by molar-refractivity contribution is 5.85. The van der Waals surface area contributed by atoms with E-state index in [0.29, 0.717) is 6.54 Å². The molecule has 1 aromatic carbocycles. The molecular formula is C19H28ClFN2O2. The van der Waals surface area contributed by atoms with Crippen molar-refractivity contribution in [3.05, 3.63) is 35.6 Å². The molecule has 0 aliphatic carbocycles. The number of nitrogens with zero attached hydrogens (tertiary/aromatic N) is 2. The number of benzene rings is 1. The Morgan fingerprint density at radius 1 is 1.32 bits per heavy atom. The van der Waals surface area contributed by atoms with E-state index in [1.165, 1.54) is 6.07 Å². The first-order valence-corrected chi connectivity index (χ1v) is 8.91. The van der Waals surface area contributed by atoms with Crippen molar-refractivity contribution in [1.29, 1.82) is 0 Å². The summed E-state index contributed by atoms with van der Waals surface area (Å²) in [4.78, 5) is 16.3. The Hall–Kier alpha value is -1.17. The van der Waals surface area contributed by atoms with Crippen molar-refractivity contribution in [2.45, 2.75) is 44.3 Å². The molecule has 0 saturated carbocycles. The Labute approximate surface area is 155 Å². The van der Waals surface area contributed by atoms with E-state index in [4.69, 9.17) is 4.74 Å². The van der Waals surface area contributed by atoms with Gasteiger partial charge in [-0.1, -0.05) is 19.1 Å². The molecule has 140 valence electrons. The zero-order valence-corrected chi connectivity index (χ0v) is 15.9. The van der Waals surface area contributed by atoms with E-state index < -0.39 is 0 Å². The number of rotatable bonds is 4. The minimum absolute atomic E-state index is 0. The SMILES string of the molecule is CCC1OC2(CCN(CCc3cccc(F)c3)CC2)CN(C)C1=O.Cl. The number of likely N-dealkylation sites (tertiary alicyclic amines) is 1. The maximum Gasteiger partial charge on any atom is 0.251 e. The molecule has 25 heavy (non-hydrogen) atoms. The second-order valence-electron chi connectivity index (χ2n) is 7.11. The van der Waals surface area contributed by atoms with Crippen LogP contribution in [0.1, 0.15) is 31.7 Å². The molecule has 6 heteroatoms. The van der Waals surface area contributed by atoms with Crippen LogP contribution in [0.25, 0.3) is 0 Å². The topological polar surface area (TPSA) is 32.8 Å². The first-order valence-electron chi connectivity index (χ1n) is 8.91. The maximum atomic E-state index is 13.2. The van der Waals surface area contributed by atoms with Gasteiger partial charge in [-0.3, -0.25) is 4.79 Å². The normalized spacial score (nSPS) is 23.6. The number of hydrogen-bond acceptors (Lipinski definition) is 3. The smallest absolute Gasteiger partial charge is 0.251 e. The fourth-order valence-corrected chi connectivity index (χ4v) is 3.84. The van der Waals surface area contributed by atoms with Crippen LogP contribution >= 0.6 is 12.4 Å². The van der Waals surface area contributed by atoms with E-state index in [9.17, 15) is 9.18 Å². The molecule has 4 nitrogen and oxygen atoms in total. The first kappa shape index (κ1) is 20.1. The van der Waals surface area contributed by atoms with Crippen molar-refractivity contribution < 1.29 is 13.9 Å². The Bertz CT molecular complexity index is 591. The highest BCUT2D eigenvalue weighted by Crippen LogP contribution is 2.33. The summed E-state index contributed by atoms with van der Waals surface area (Å²) < 4.78 is 19.5. The van der Waals surface area contributed by atoms with Gasteiger partial charge in [0.2, 0.25) is 0 Å². The second-order valence-corrected chi connectivity index (χ2v) is 7.11. The number of amides is 1. The van der Waals surface area contributed by atoms with Gasteiger partial charge >= 0.3 is 0 Å². The van der Waals surface area contributed by atoms with Crippen LogP contribution in [0, 0.1) is 5.82 Å². The maximum absolute atomic E-state index is 13.2. The van der Waals surface area contributed by atoms with Gasteiger partial charge in [-0.15, -0.1) is 12.4 Å². The zero-order valence-electron chi connectivity index (χ0n) is 15.0. The van der Waals surface area contributed by atoms with Gasteiger partial charge < -0.3 is 14.5 Å². The molecule has 2 aliphatic rings. The highest BCUT2D eigenvalue weighted by Gasteiger charge is 2.44. The van der Waals surface area contributed by atoms with Crippen LogP contribution in [0.3, 0.4) is 0 Å². The third-order valence-electron chi connectivity index (χ3n) is 5.31. The Morgan fingerprint density at radius 3 is 2.68 bits per heavy atom. The molecule has 2 fully saturated rings.